The maximum Gasteiger partial charge on any atom is 0.346 e. The molecule has 4 rings (SSSR count). The fraction of sp³-hybridized carbons (Fsp3) is 0.375. The molecule has 1 aliphatic heterocycles. The second kappa shape index (κ2) is 4.34. The predicted octanol–water partition coefficient (Wildman–Crippen LogP) is 3.36. The normalized spacial score (nSPS) is 29.8. The van der Waals surface area contributed by atoms with Gasteiger partial charge in [0, 0.05) is 0 Å². The largest absolute Gasteiger partial charge is 0.386 e. The summed E-state index contributed by atoms with van der Waals surface area (Å²) in [5.41, 5.74) is 1.35. The highest BCUT2D eigenvalue weighted by Gasteiger charge is 2.36. The van der Waals surface area contributed by atoms with Crippen molar-refractivity contribution < 1.29 is 14.3 Å². The Morgan fingerprint density at radius 1 is 1.16 bits per heavy atom. The van der Waals surface area contributed by atoms with Crippen molar-refractivity contribution in [1.29, 1.82) is 0 Å². The van der Waals surface area contributed by atoms with Crippen LogP contribution in [0.2, 0.25) is 0 Å². The minimum absolute atomic E-state index is 0.359. The van der Waals surface area contributed by atoms with Crippen molar-refractivity contribution in [3.63, 3.8) is 0 Å². The number of allylic oxidation sites excluding steroid dienone is 2. The van der Waals surface area contributed by atoms with E-state index >= 15 is 0 Å². The van der Waals surface area contributed by atoms with Gasteiger partial charge in [-0.3, -0.25) is 0 Å². The number of esters is 2. The number of carbonyl (C=O) groups excluding carboxylic acids is 2. The minimum atomic E-state index is -0.550. The Labute approximate surface area is 112 Å². The van der Waals surface area contributed by atoms with Gasteiger partial charge in [-0.1, -0.05) is 31.2 Å². The van der Waals surface area contributed by atoms with Crippen LogP contribution in [0.15, 0.2) is 36.4 Å². The monoisotopic (exact) mass is 256 g/mol. The van der Waals surface area contributed by atoms with Crippen molar-refractivity contribution in [2.45, 2.75) is 26.2 Å². The molecule has 3 heteroatoms. The lowest BCUT2D eigenvalue weighted by Gasteiger charge is -2.14. The van der Waals surface area contributed by atoms with Gasteiger partial charge in [-0.2, -0.15) is 0 Å². The van der Waals surface area contributed by atoms with Gasteiger partial charge >= 0.3 is 11.9 Å². The molecule has 0 amide bonds. The lowest BCUT2D eigenvalue weighted by molar-refractivity contribution is 0.0444. The summed E-state index contributed by atoms with van der Waals surface area (Å²) in [6.07, 6.45) is 9.12. The Hall–Kier alpha value is -1.90. The second-order valence-corrected chi connectivity index (χ2v) is 5.74. The molecule has 0 spiro atoms. The molecule has 2 atom stereocenters. The van der Waals surface area contributed by atoms with Gasteiger partial charge in [0.25, 0.3) is 0 Å². The van der Waals surface area contributed by atoms with E-state index in [4.69, 9.17) is 0 Å². The standard InChI is InChI=1S/C8H4O3.C8H12/c9-7-5-3-1-2-4-6(5)8(10)11-7;1-8-4-2-7(6-8)3-5-8/h1-4H;2,4,7H,3,5-6H2,1H3. The summed E-state index contributed by atoms with van der Waals surface area (Å²) >= 11 is 0. The maximum absolute atomic E-state index is 10.8. The van der Waals surface area contributed by atoms with Crippen molar-refractivity contribution >= 4 is 11.9 Å². The quantitative estimate of drug-likeness (QED) is 0.406. The van der Waals surface area contributed by atoms with Crippen LogP contribution >= 0.6 is 0 Å². The lowest BCUT2D eigenvalue weighted by atomic mass is 9.91. The molecule has 2 bridgehead atoms. The highest BCUT2D eigenvalue weighted by Crippen LogP contribution is 2.48. The zero-order valence-electron chi connectivity index (χ0n) is 10.9. The predicted molar refractivity (Wildman–Crippen MR) is 70.8 cm³/mol. The van der Waals surface area contributed by atoms with Crippen LogP contribution in [0.25, 0.3) is 0 Å². The molecule has 2 unspecified atom stereocenters. The molecule has 98 valence electrons. The first-order valence-electron chi connectivity index (χ1n) is 6.62. The van der Waals surface area contributed by atoms with Gasteiger partial charge in [0.2, 0.25) is 0 Å². The third-order valence-electron chi connectivity index (χ3n) is 4.14. The molecule has 1 fully saturated rings. The van der Waals surface area contributed by atoms with E-state index < -0.39 is 11.9 Å². The van der Waals surface area contributed by atoms with Gasteiger partial charge < -0.3 is 4.74 Å². The summed E-state index contributed by atoms with van der Waals surface area (Å²) in [5, 5.41) is 0. The molecule has 1 aromatic rings. The van der Waals surface area contributed by atoms with E-state index in [2.05, 4.69) is 23.8 Å². The molecular formula is C16H16O3. The van der Waals surface area contributed by atoms with E-state index in [1.165, 1.54) is 19.3 Å². The Morgan fingerprint density at radius 2 is 1.79 bits per heavy atom. The number of hydrogen-bond acceptors (Lipinski definition) is 3. The average Bonchev–Trinajstić information content (AvgIpc) is 3.04. The molecule has 1 saturated carbocycles. The SMILES string of the molecule is CC12C=CC(CC1)C2.O=C1OC(=O)c2ccccc21. The van der Waals surface area contributed by atoms with Crippen LogP contribution < -0.4 is 0 Å². The van der Waals surface area contributed by atoms with Gasteiger partial charge in [-0.25, -0.2) is 9.59 Å². The maximum atomic E-state index is 10.8. The molecule has 0 aromatic heterocycles. The first-order valence-corrected chi connectivity index (χ1v) is 6.62. The van der Waals surface area contributed by atoms with Crippen LogP contribution in [-0.4, -0.2) is 11.9 Å². The molecule has 0 radical (unpaired) electrons. The second-order valence-electron chi connectivity index (χ2n) is 5.74. The zero-order valence-corrected chi connectivity index (χ0v) is 10.9. The molecule has 0 saturated heterocycles. The summed E-state index contributed by atoms with van der Waals surface area (Å²) in [4.78, 5) is 21.7. The van der Waals surface area contributed by atoms with Crippen molar-refractivity contribution in [2.75, 3.05) is 0 Å². The average molecular weight is 256 g/mol. The van der Waals surface area contributed by atoms with Crippen molar-refractivity contribution in [3.05, 3.63) is 47.5 Å². The van der Waals surface area contributed by atoms with Crippen LogP contribution in [0.5, 0.6) is 0 Å². The van der Waals surface area contributed by atoms with Crippen LogP contribution in [0, 0.1) is 11.3 Å². The van der Waals surface area contributed by atoms with Gasteiger partial charge in [0.1, 0.15) is 0 Å². The summed E-state index contributed by atoms with van der Waals surface area (Å²) in [7, 11) is 0. The van der Waals surface area contributed by atoms with Gasteiger partial charge in [0.05, 0.1) is 11.1 Å². The highest BCUT2D eigenvalue weighted by atomic mass is 16.6. The Kier molecular flexibility index (Phi) is 2.77. The third kappa shape index (κ3) is 2.21. The molecule has 2 aliphatic carbocycles. The number of hydrogen-bond donors (Lipinski definition) is 0. The summed E-state index contributed by atoms with van der Waals surface area (Å²) < 4.78 is 4.35. The first-order chi connectivity index (χ1) is 9.07. The van der Waals surface area contributed by atoms with Crippen LogP contribution in [0.1, 0.15) is 46.9 Å². The summed E-state index contributed by atoms with van der Waals surface area (Å²) in [5.74, 6) is -0.142. The Morgan fingerprint density at radius 3 is 2.11 bits per heavy atom. The van der Waals surface area contributed by atoms with E-state index in [-0.39, 0.29) is 0 Å². The van der Waals surface area contributed by atoms with Crippen molar-refractivity contribution in [3.8, 4) is 0 Å². The molecule has 3 aliphatic rings. The number of carbonyl (C=O) groups is 2. The molecule has 3 nitrogen and oxygen atoms in total. The van der Waals surface area contributed by atoms with E-state index in [1.54, 1.807) is 24.3 Å². The van der Waals surface area contributed by atoms with E-state index in [0.29, 0.717) is 16.5 Å². The van der Waals surface area contributed by atoms with Crippen LogP contribution in [0.4, 0.5) is 0 Å². The van der Waals surface area contributed by atoms with Crippen LogP contribution in [-0.2, 0) is 4.74 Å². The zero-order chi connectivity index (χ0) is 13.5. The highest BCUT2D eigenvalue weighted by molar-refractivity contribution is 6.14. The Balaban J connectivity index is 0.000000122. The number of rotatable bonds is 0. The molecule has 19 heavy (non-hydrogen) atoms. The van der Waals surface area contributed by atoms with Crippen molar-refractivity contribution in [1.82, 2.24) is 0 Å². The summed E-state index contributed by atoms with van der Waals surface area (Å²) in [6, 6.07) is 6.53. The van der Waals surface area contributed by atoms with E-state index in [9.17, 15) is 9.59 Å². The molecular weight excluding hydrogens is 240 g/mol. The first kappa shape index (κ1) is 12.2. The third-order valence-corrected chi connectivity index (χ3v) is 4.14. The Bertz CT molecular complexity index is 540. The van der Waals surface area contributed by atoms with E-state index in [0.717, 1.165) is 5.92 Å². The smallest absolute Gasteiger partial charge is 0.346 e. The number of benzene rings is 1. The molecule has 1 aromatic carbocycles. The topological polar surface area (TPSA) is 43.4 Å². The van der Waals surface area contributed by atoms with E-state index in [1.807, 2.05) is 0 Å². The van der Waals surface area contributed by atoms with Crippen molar-refractivity contribution in [2.24, 2.45) is 11.3 Å². The van der Waals surface area contributed by atoms with Crippen LogP contribution in [0.3, 0.4) is 0 Å². The number of cyclic esters (lactones) is 2. The van der Waals surface area contributed by atoms with Gasteiger partial charge in [-0.05, 0) is 42.7 Å². The fourth-order valence-electron chi connectivity index (χ4n) is 3.04. The molecule has 1 heterocycles. The van der Waals surface area contributed by atoms with Gasteiger partial charge in [0.15, 0.2) is 0 Å². The van der Waals surface area contributed by atoms with Gasteiger partial charge in [-0.15, -0.1) is 0 Å². The summed E-state index contributed by atoms with van der Waals surface area (Å²) in [6.45, 7) is 2.37. The lowest BCUT2D eigenvalue weighted by Crippen LogP contribution is -2.02. The molecule has 0 N–H and O–H groups in total. The minimum Gasteiger partial charge on any atom is -0.386 e. The number of fused-ring (bicyclic) bond motifs is 3. The number of ether oxygens (including phenoxy) is 1. The fourth-order valence-corrected chi connectivity index (χ4v) is 3.04.